The van der Waals surface area contributed by atoms with E-state index in [1.807, 2.05) is 20.8 Å². The van der Waals surface area contributed by atoms with Gasteiger partial charge in [-0.3, -0.25) is 19.8 Å². The van der Waals surface area contributed by atoms with Gasteiger partial charge in [0, 0.05) is 6.54 Å². The van der Waals surface area contributed by atoms with Crippen LogP contribution >= 0.6 is 0 Å². The number of imide groups is 2. The number of barbiturate groups is 1. The Morgan fingerprint density at radius 1 is 1.24 bits per heavy atom. The Hall–Kier alpha value is -1.39. The molecule has 1 N–H and O–H groups in total. The lowest BCUT2D eigenvalue weighted by Gasteiger charge is -2.31. The summed E-state index contributed by atoms with van der Waals surface area (Å²) in [5.74, 6) is -1.56. The SMILES string of the molecule is CCC1C(=O)NC(=O)N(CCC(C)(C)C)C1=O. The lowest BCUT2D eigenvalue weighted by Crippen LogP contribution is -2.58. The summed E-state index contributed by atoms with van der Waals surface area (Å²) in [5.41, 5.74) is 0.0454. The first-order chi connectivity index (χ1) is 7.76. The molecule has 1 saturated heterocycles. The molecule has 0 saturated carbocycles. The number of nitrogens with zero attached hydrogens (tertiary/aromatic N) is 1. The highest BCUT2D eigenvalue weighted by Crippen LogP contribution is 2.21. The zero-order chi connectivity index (χ0) is 13.2. The molecule has 0 bridgehead atoms. The molecule has 1 atom stereocenters. The Morgan fingerprint density at radius 3 is 2.29 bits per heavy atom. The van der Waals surface area contributed by atoms with Crippen LogP contribution in [-0.4, -0.2) is 29.3 Å². The summed E-state index contributed by atoms with van der Waals surface area (Å²) in [5, 5.41) is 2.22. The second-order valence-electron chi connectivity index (χ2n) is 5.56. The summed E-state index contributed by atoms with van der Waals surface area (Å²) in [6.45, 7) is 8.25. The fourth-order valence-corrected chi connectivity index (χ4v) is 1.68. The number of carbonyl (C=O) groups excluding carboxylic acids is 3. The van der Waals surface area contributed by atoms with Gasteiger partial charge in [0.25, 0.3) is 0 Å². The van der Waals surface area contributed by atoms with Crippen LogP contribution in [0.25, 0.3) is 0 Å². The van der Waals surface area contributed by atoms with Gasteiger partial charge < -0.3 is 0 Å². The predicted molar refractivity (Wildman–Crippen MR) is 63.1 cm³/mol. The molecule has 4 amide bonds. The zero-order valence-corrected chi connectivity index (χ0v) is 10.9. The third kappa shape index (κ3) is 3.28. The van der Waals surface area contributed by atoms with E-state index in [0.29, 0.717) is 13.0 Å². The molecular weight excluding hydrogens is 220 g/mol. The Balaban J connectivity index is 2.74. The molecule has 0 aliphatic carbocycles. The molecule has 1 aliphatic rings. The highest BCUT2D eigenvalue weighted by molar-refractivity contribution is 6.16. The molecule has 0 spiro atoms. The van der Waals surface area contributed by atoms with E-state index in [0.717, 1.165) is 11.3 Å². The van der Waals surface area contributed by atoms with E-state index in [-0.39, 0.29) is 11.3 Å². The maximum Gasteiger partial charge on any atom is 0.330 e. The van der Waals surface area contributed by atoms with Crippen molar-refractivity contribution in [1.29, 1.82) is 0 Å². The van der Waals surface area contributed by atoms with Gasteiger partial charge in [0.05, 0.1) is 0 Å². The first kappa shape index (κ1) is 13.7. The molecule has 1 heterocycles. The first-order valence-corrected chi connectivity index (χ1v) is 5.92. The second-order valence-corrected chi connectivity index (χ2v) is 5.56. The van der Waals surface area contributed by atoms with Crippen LogP contribution in [0.3, 0.4) is 0 Å². The predicted octanol–water partition coefficient (Wildman–Crippen LogP) is 1.53. The van der Waals surface area contributed by atoms with Crippen LogP contribution in [0, 0.1) is 11.3 Å². The average Bonchev–Trinajstić information content (AvgIpc) is 2.15. The highest BCUT2D eigenvalue weighted by atomic mass is 16.2. The molecule has 5 heteroatoms. The summed E-state index contributed by atoms with van der Waals surface area (Å²) in [6.07, 6.45) is 1.14. The van der Waals surface area contributed by atoms with E-state index in [1.54, 1.807) is 6.92 Å². The number of carbonyl (C=O) groups is 3. The molecule has 17 heavy (non-hydrogen) atoms. The van der Waals surface area contributed by atoms with E-state index >= 15 is 0 Å². The van der Waals surface area contributed by atoms with Crippen LogP contribution in [-0.2, 0) is 9.59 Å². The minimum atomic E-state index is -0.715. The van der Waals surface area contributed by atoms with Crippen LogP contribution in [0.4, 0.5) is 4.79 Å². The Morgan fingerprint density at radius 2 is 1.82 bits per heavy atom. The van der Waals surface area contributed by atoms with Crippen LogP contribution in [0.5, 0.6) is 0 Å². The Bertz CT molecular complexity index is 344. The monoisotopic (exact) mass is 240 g/mol. The van der Waals surface area contributed by atoms with Crippen LogP contribution in [0.2, 0.25) is 0 Å². The fraction of sp³-hybridized carbons (Fsp3) is 0.750. The van der Waals surface area contributed by atoms with Crippen molar-refractivity contribution in [2.24, 2.45) is 11.3 Å². The zero-order valence-electron chi connectivity index (χ0n) is 10.9. The third-order valence-electron chi connectivity index (χ3n) is 2.85. The van der Waals surface area contributed by atoms with Gasteiger partial charge in [-0.25, -0.2) is 4.79 Å². The normalized spacial score (nSPS) is 21.8. The maximum absolute atomic E-state index is 11.9. The lowest BCUT2D eigenvalue weighted by molar-refractivity contribution is -0.142. The van der Waals surface area contributed by atoms with E-state index in [1.165, 1.54) is 0 Å². The number of amides is 4. The Kier molecular flexibility index (Phi) is 3.91. The number of hydrogen-bond acceptors (Lipinski definition) is 3. The van der Waals surface area contributed by atoms with E-state index in [9.17, 15) is 14.4 Å². The van der Waals surface area contributed by atoms with E-state index in [4.69, 9.17) is 0 Å². The van der Waals surface area contributed by atoms with Crippen LogP contribution in [0.1, 0.15) is 40.5 Å². The number of nitrogens with one attached hydrogen (secondary N) is 1. The summed E-state index contributed by atoms with van der Waals surface area (Å²) in [7, 11) is 0. The summed E-state index contributed by atoms with van der Waals surface area (Å²) >= 11 is 0. The number of rotatable bonds is 3. The minimum Gasteiger partial charge on any atom is -0.277 e. The molecule has 0 aromatic heterocycles. The van der Waals surface area contributed by atoms with Crippen molar-refractivity contribution in [3.8, 4) is 0 Å². The second kappa shape index (κ2) is 4.85. The van der Waals surface area contributed by atoms with Gasteiger partial charge in [0.2, 0.25) is 11.8 Å². The fourth-order valence-electron chi connectivity index (χ4n) is 1.68. The van der Waals surface area contributed by atoms with Crippen LogP contribution < -0.4 is 5.32 Å². The molecule has 1 unspecified atom stereocenters. The molecule has 0 radical (unpaired) electrons. The van der Waals surface area contributed by atoms with Crippen molar-refractivity contribution in [1.82, 2.24) is 10.2 Å². The van der Waals surface area contributed by atoms with Crippen molar-refractivity contribution < 1.29 is 14.4 Å². The van der Waals surface area contributed by atoms with Gasteiger partial charge in [-0.15, -0.1) is 0 Å². The van der Waals surface area contributed by atoms with Gasteiger partial charge in [-0.2, -0.15) is 0 Å². The molecule has 96 valence electrons. The minimum absolute atomic E-state index is 0.0454. The maximum atomic E-state index is 11.9. The van der Waals surface area contributed by atoms with Crippen molar-refractivity contribution in [2.45, 2.75) is 40.5 Å². The van der Waals surface area contributed by atoms with Gasteiger partial charge >= 0.3 is 6.03 Å². The number of urea groups is 1. The van der Waals surface area contributed by atoms with E-state index < -0.39 is 17.9 Å². The summed E-state index contributed by atoms with van der Waals surface area (Å²) in [4.78, 5) is 36.1. The molecule has 5 nitrogen and oxygen atoms in total. The molecule has 0 aromatic rings. The quantitative estimate of drug-likeness (QED) is 0.761. The third-order valence-corrected chi connectivity index (χ3v) is 2.85. The Labute approximate surface area is 102 Å². The standard InChI is InChI=1S/C12H20N2O3/c1-5-8-9(15)13-11(17)14(10(8)16)7-6-12(2,3)4/h8H,5-7H2,1-4H3,(H,13,15,17). The highest BCUT2D eigenvalue weighted by Gasteiger charge is 2.39. The molecule has 1 fully saturated rings. The van der Waals surface area contributed by atoms with E-state index in [2.05, 4.69) is 5.32 Å². The number of hydrogen-bond donors (Lipinski definition) is 1. The average molecular weight is 240 g/mol. The van der Waals surface area contributed by atoms with Gasteiger partial charge in [-0.05, 0) is 18.3 Å². The van der Waals surface area contributed by atoms with Crippen molar-refractivity contribution >= 4 is 17.8 Å². The molecule has 0 aromatic carbocycles. The van der Waals surface area contributed by atoms with Crippen molar-refractivity contribution in [2.75, 3.05) is 6.54 Å². The lowest BCUT2D eigenvalue weighted by atomic mass is 9.91. The molecule has 1 aliphatic heterocycles. The summed E-state index contributed by atoms with van der Waals surface area (Å²) < 4.78 is 0. The van der Waals surface area contributed by atoms with Gasteiger partial charge in [0.15, 0.2) is 0 Å². The van der Waals surface area contributed by atoms with Crippen molar-refractivity contribution in [3.63, 3.8) is 0 Å². The van der Waals surface area contributed by atoms with Gasteiger partial charge in [0.1, 0.15) is 5.92 Å². The topological polar surface area (TPSA) is 66.5 Å². The molecule has 1 rings (SSSR count). The smallest absolute Gasteiger partial charge is 0.277 e. The molecular formula is C12H20N2O3. The summed E-state index contributed by atoms with van der Waals surface area (Å²) in [6, 6.07) is -0.589. The first-order valence-electron chi connectivity index (χ1n) is 5.92. The van der Waals surface area contributed by atoms with Crippen LogP contribution in [0.15, 0.2) is 0 Å². The van der Waals surface area contributed by atoms with Gasteiger partial charge in [-0.1, -0.05) is 27.7 Å². The van der Waals surface area contributed by atoms with Crippen molar-refractivity contribution in [3.05, 3.63) is 0 Å². The largest absolute Gasteiger partial charge is 0.330 e.